The minimum absolute atomic E-state index is 0.240. The Balaban J connectivity index is 2.39. The van der Waals surface area contributed by atoms with Crippen LogP contribution in [0.3, 0.4) is 0 Å². The van der Waals surface area contributed by atoms with Crippen molar-refractivity contribution >= 4 is 0 Å². The second-order valence-corrected chi connectivity index (χ2v) is 3.79. The first kappa shape index (κ1) is 9.96. The van der Waals surface area contributed by atoms with E-state index in [-0.39, 0.29) is 12.1 Å². The molecule has 0 saturated carbocycles. The van der Waals surface area contributed by atoms with Gasteiger partial charge in [-0.3, -0.25) is 4.90 Å². The normalized spacial score (nSPS) is 29.2. The Morgan fingerprint density at radius 1 is 1.50 bits per heavy atom. The summed E-state index contributed by atoms with van der Waals surface area (Å²) in [7, 11) is 2.09. The summed E-state index contributed by atoms with van der Waals surface area (Å²) < 4.78 is 0. The first-order valence-corrected chi connectivity index (χ1v) is 4.73. The molecule has 1 aliphatic heterocycles. The molecule has 0 aromatic carbocycles. The van der Waals surface area contributed by atoms with E-state index < -0.39 is 0 Å². The van der Waals surface area contributed by atoms with E-state index in [1.807, 2.05) is 6.92 Å². The summed E-state index contributed by atoms with van der Waals surface area (Å²) in [6.07, 6.45) is 0.962. The van der Waals surface area contributed by atoms with Crippen molar-refractivity contribution in [3.8, 4) is 0 Å². The van der Waals surface area contributed by atoms with Gasteiger partial charge in [0.2, 0.25) is 0 Å². The first-order chi connectivity index (χ1) is 5.63. The van der Waals surface area contributed by atoms with Gasteiger partial charge in [-0.15, -0.1) is 0 Å². The molecule has 0 aromatic heterocycles. The van der Waals surface area contributed by atoms with Crippen LogP contribution in [0.2, 0.25) is 0 Å². The highest BCUT2D eigenvalue weighted by atomic mass is 16.3. The zero-order chi connectivity index (χ0) is 9.14. The Hall–Kier alpha value is -0.120. The van der Waals surface area contributed by atoms with Gasteiger partial charge in [0, 0.05) is 18.6 Å². The molecule has 3 atom stereocenters. The molecule has 1 rings (SSSR count). The molecule has 1 saturated heterocycles. The summed E-state index contributed by atoms with van der Waals surface area (Å²) in [6, 6.07) is 0.865. The van der Waals surface area contributed by atoms with E-state index in [1.165, 1.54) is 6.42 Å². The SMILES string of the molecule is CC(O)C(C)N(C)C1CCNC1. The molecule has 0 amide bonds. The smallest absolute Gasteiger partial charge is 0.0664 e. The van der Waals surface area contributed by atoms with Gasteiger partial charge < -0.3 is 10.4 Å². The molecule has 0 aliphatic carbocycles. The average molecular weight is 172 g/mol. The highest BCUT2D eigenvalue weighted by molar-refractivity contribution is 4.83. The largest absolute Gasteiger partial charge is 0.392 e. The van der Waals surface area contributed by atoms with Gasteiger partial charge in [-0.1, -0.05) is 0 Å². The maximum atomic E-state index is 9.39. The highest BCUT2D eigenvalue weighted by Gasteiger charge is 2.24. The van der Waals surface area contributed by atoms with Crippen LogP contribution in [0.15, 0.2) is 0 Å². The molecule has 0 spiro atoms. The standard InChI is InChI=1S/C9H20N2O/c1-7(8(2)12)11(3)9-4-5-10-6-9/h7-10,12H,4-6H2,1-3H3. The quantitative estimate of drug-likeness (QED) is 0.631. The van der Waals surface area contributed by atoms with E-state index in [0.717, 1.165) is 13.1 Å². The lowest BCUT2D eigenvalue weighted by atomic mass is 10.1. The molecule has 2 N–H and O–H groups in total. The molecule has 72 valence electrons. The third-order valence-corrected chi connectivity index (χ3v) is 2.95. The van der Waals surface area contributed by atoms with Crippen molar-refractivity contribution in [3.05, 3.63) is 0 Å². The summed E-state index contributed by atoms with van der Waals surface area (Å²) in [5.41, 5.74) is 0. The van der Waals surface area contributed by atoms with Gasteiger partial charge in [-0.25, -0.2) is 0 Å². The second kappa shape index (κ2) is 4.21. The van der Waals surface area contributed by atoms with Crippen molar-refractivity contribution in [2.24, 2.45) is 0 Å². The summed E-state index contributed by atoms with van der Waals surface area (Å²) in [6.45, 7) is 6.10. The van der Waals surface area contributed by atoms with Crippen LogP contribution >= 0.6 is 0 Å². The van der Waals surface area contributed by atoms with Crippen LogP contribution in [0.25, 0.3) is 0 Å². The molecule has 1 aliphatic rings. The van der Waals surface area contributed by atoms with Crippen molar-refractivity contribution in [2.45, 2.75) is 38.5 Å². The Morgan fingerprint density at radius 3 is 2.58 bits per heavy atom. The molecule has 0 bridgehead atoms. The molecule has 0 aromatic rings. The van der Waals surface area contributed by atoms with Gasteiger partial charge in [-0.05, 0) is 33.9 Å². The van der Waals surface area contributed by atoms with E-state index >= 15 is 0 Å². The van der Waals surface area contributed by atoms with Crippen LogP contribution in [0.1, 0.15) is 20.3 Å². The zero-order valence-corrected chi connectivity index (χ0v) is 8.25. The maximum absolute atomic E-state index is 9.39. The Labute approximate surface area is 74.8 Å². The molecule has 3 heteroatoms. The lowest BCUT2D eigenvalue weighted by molar-refractivity contribution is 0.0660. The molecule has 0 radical (unpaired) electrons. The van der Waals surface area contributed by atoms with Crippen molar-refractivity contribution in [1.29, 1.82) is 0 Å². The fourth-order valence-corrected chi connectivity index (χ4v) is 1.66. The van der Waals surface area contributed by atoms with Gasteiger partial charge in [-0.2, -0.15) is 0 Å². The molecule has 3 unspecified atom stereocenters. The molecule has 3 nitrogen and oxygen atoms in total. The molecular formula is C9H20N2O. The summed E-state index contributed by atoms with van der Waals surface area (Å²) in [5.74, 6) is 0. The van der Waals surface area contributed by atoms with Gasteiger partial charge >= 0.3 is 0 Å². The van der Waals surface area contributed by atoms with E-state index in [4.69, 9.17) is 0 Å². The van der Waals surface area contributed by atoms with E-state index in [2.05, 4.69) is 24.2 Å². The molecular weight excluding hydrogens is 152 g/mol. The van der Waals surface area contributed by atoms with E-state index in [1.54, 1.807) is 0 Å². The van der Waals surface area contributed by atoms with Crippen molar-refractivity contribution in [3.63, 3.8) is 0 Å². The minimum Gasteiger partial charge on any atom is -0.392 e. The molecule has 1 fully saturated rings. The lowest BCUT2D eigenvalue weighted by Crippen LogP contribution is -2.44. The molecule has 12 heavy (non-hydrogen) atoms. The fourth-order valence-electron chi connectivity index (χ4n) is 1.66. The third kappa shape index (κ3) is 2.19. The van der Waals surface area contributed by atoms with Crippen LogP contribution < -0.4 is 5.32 Å². The lowest BCUT2D eigenvalue weighted by Gasteiger charge is -2.31. The Kier molecular flexibility index (Phi) is 3.50. The van der Waals surface area contributed by atoms with Crippen LogP contribution in [-0.2, 0) is 0 Å². The molecule has 1 heterocycles. The number of aliphatic hydroxyl groups is 1. The average Bonchev–Trinajstić information content (AvgIpc) is 2.53. The van der Waals surface area contributed by atoms with Crippen LogP contribution in [0.4, 0.5) is 0 Å². The van der Waals surface area contributed by atoms with E-state index in [9.17, 15) is 5.11 Å². The predicted molar refractivity (Wildman–Crippen MR) is 50.2 cm³/mol. The van der Waals surface area contributed by atoms with Crippen LogP contribution in [0.5, 0.6) is 0 Å². The van der Waals surface area contributed by atoms with Gasteiger partial charge in [0.1, 0.15) is 0 Å². The Morgan fingerprint density at radius 2 is 2.17 bits per heavy atom. The van der Waals surface area contributed by atoms with Crippen LogP contribution in [-0.4, -0.2) is 48.3 Å². The van der Waals surface area contributed by atoms with Crippen LogP contribution in [0, 0.1) is 0 Å². The summed E-state index contributed by atoms with van der Waals surface area (Å²) >= 11 is 0. The Bertz CT molecular complexity index is 130. The van der Waals surface area contributed by atoms with Gasteiger partial charge in [0.25, 0.3) is 0 Å². The van der Waals surface area contributed by atoms with Crippen molar-refractivity contribution in [1.82, 2.24) is 10.2 Å². The number of nitrogens with zero attached hydrogens (tertiary/aromatic N) is 1. The van der Waals surface area contributed by atoms with Gasteiger partial charge in [0.05, 0.1) is 6.10 Å². The number of rotatable bonds is 3. The number of hydrogen-bond donors (Lipinski definition) is 2. The third-order valence-electron chi connectivity index (χ3n) is 2.95. The minimum atomic E-state index is -0.240. The zero-order valence-electron chi connectivity index (χ0n) is 8.25. The first-order valence-electron chi connectivity index (χ1n) is 4.73. The van der Waals surface area contributed by atoms with Gasteiger partial charge in [0.15, 0.2) is 0 Å². The summed E-state index contributed by atoms with van der Waals surface area (Å²) in [5, 5.41) is 12.7. The summed E-state index contributed by atoms with van der Waals surface area (Å²) in [4.78, 5) is 2.27. The fraction of sp³-hybridized carbons (Fsp3) is 1.00. The highest BCUT2D eigenvalue weighted by Crippen LogP contribution is 2.11. The van der Waals surface area contributed by atoms with Crippen molar-refractivity contribution in [2.75, 3.05) is 20.1 Å². The number of hydrogen-bond acceptors (Lipinski definition) is 3. The number of likely N-dealkylation sites (N-methyl/N-ethyl adjacent to an activating group) is 1. The number of aliphatic hydroxyl groups excluding tert-OH is 1. The monoisotopic (exact) mass is 172 g/mol. The topological polar surface area (TPSA) is 35.5 Å². The number of nitrogens with one attached hydrogen (secondary N) is 1. The maximum Gasteiger partial charge on any atom is 0.0664 e. The second-order valence-electron chi connectivity index (χ2n) is 3.79. The van der Waals surface area contributed by atoms with Crippen molar-refractivity contribution < 1.29 is 5.11 Å². The predicted octanol–water partition coefficient (Wildman–Crippen LogP) is 0.0494. The van der Waals surface area contributed by atoms with E-state index in [0.29, 0.717) is 6.04 Å².